The molecule has 0 aromatic heterocycles. The summed E-state index contributed by atoms with van der Waals surface area (Å²) in [6.45, 7) is 6.44. The number of hydrogen-bond acceptors (Lipinski definition) is 6. The molecule has 8 aromatic carbocycles. The van der Waals surface area contributed by atoms with E-state index in [-0.39, 0.29) is 71.9 Å². The van der Waals surface area contributed by atoms with E-state index in [1.54, 1.807) is 76.2 Å². The largest absolute Gasteiger partial charge is 3.00 e. The molecule has 2 radical (unpaired) electrons. The van der Waals surface area contributed by atoms with Crippen LogP contribution in [0.3, 0.4) is 0 Å². The van der Waals surface area contributed by atoms with Gasteiger partial charge in [0.25, 0.3) is 0 Å². The Bertz CT molecular complexity index is 2120. The number of rotatable bonds is 2. The molecule has 7 nitrogen and oxygen atoms in total. The minimum Gasteiger partial charge on any atom is -0.872 e. The van der Waals surface area contributed by atoms with Crippen LogP contribution in [0, 0.1) is 0 Å². The Hall–Kier alpha value is -4.69. The van der Waals surface area contributed by atoms with Crippen molar-refractivity contribution in [2.45, 2.75) is 39.9 Å². The van der Waals surface area contributed by atoms with Gasteiger partial charge in [0.15, 0.2) is 0 Å². The number of fused-ring (bicyclic) bond motifs is 4. The standard InChI is InChI=1S/2C20H14O2.2C3H7O.H2O.2Ti/c2*21-17-11-9-13-5-1-3-7-15(13)19(17)20-16-8-4-2-6-14(16)10-12-18(20)22;2*1-3(2)4;;;/h2*1-12,21-22H;2*3H,1-2H3;1H2;;/q;;2*-1;;2*+3/p-4. The van der Waals surface area contributed by atoms with Crippen molar-refractivity contribution < 1.29 is 79.6 Å². The van der Waals surface area contributed by atoms with Gasteiger partial charge in [-0.05, 0) is 65.3 Å². The average molecular weight is 801 g/mol. The van der Waals surface area contributed by atoms with Crippen LogP contribution in [0.1, 0.15) is 27.7 Å². The zero-order valence-electron chi connectivity index (χ0n) is 31.0. The van der Waals surface area contributed by atoms with Crippen molar-refractivity contribution in [1.82, 2.24) is 0 Å². The van der Waals surface area contributed by atoms with Crippen LogP contribution < -0.4 is 30.6 Å². The Morgan fingerprint density at radius 3 is 0.655 bits per heavy atom. The van der Waals surface area contributed by atoms with Crippen LogP contribution in [0.15, 0.2) is 146 Å². The van der Waals surface area contributed by atoms with Gasteiger partial charge in [-0.2, -0.15) is 0 Å². The quantitative estimate of drug-likeness (QED) is 0.186. The van der Waals surface area contributed by atoms with Gasteiger partial charge in [0.2, 0.25) is 0 Å². The summed E-state index contributed by atoms with van der Waals surface area (Å²) in [5, 5.41) is 76.2. The summed E-state index contributed by atoms with van der Waals surface area (Å²) < 4.78 is 0. The first kappa shape index (κ1) is 46.5. The summed E-state index contributed by atoms with van der Waals surface area (Å²) in [4.78, 5) is 0. The monoisotopic (exact) mass is 800 g/mol. The molecule has 0 aliphatic heterocycles. The first-order chi connectivity index (χ1) is 25.0. The molecule has 0 atom stereocenters. The van der Waals surface area contributed by atoms with Gasteiger partial charge in [-0.3, -0.25) is 0 Å². The molecule has 0 aliphatic carbocycles. The Morgan fingerprint density at radius 1 is 0.309 bits per heavy atom. The molecule has 0 fully saturated rings. The van der Waals surface area contributed by atoms with Gasteiger partial charge in [0.1, 0.15) is 0 Å². The maximum atomic E-state index is 12.5. The topological polar surface area (TPSA) is 170 Å². The third kappa shape index (κ3) is 11.2. The van der Waals surface area contributed by atoms with Crippen LogP contribution in [-0.2, 0) is 43.4 Å². The Morgan fingerprint density at radius 2 is 0.473 bits per heavy atom. The molecule has 8 aromatic rings. The Kier molecular flexibility index (Phi) is 18.1. The second kappa shape index (κ2) is 21.4. The van der Waals surface area contributed by atoms with Crippen molar-refractivity contribution in [3.05, 3.63) is 146 Å². The van der Waals surface area contributed by atoms with Crippen LogP contribution in [0.5, 0.6) is 23.0 Å². The number of hydrogen-bond donors (Lipinski definition) is 0. The molecule has 8 rings (SSSR count). The molecule has 0 unspecified atom stereocenters. The maximum absolute atomic E-state index is 12.5. The molecule has 0 saturated carbocycles. The van der Waals surface area contributed by atoms with Gasteiger partial charge in [-0.15, -0.1) is 35.2 Å². The van der Waals surface area contributed by atoms with Gasteiger partial charge in [-0.1, -0.05) is 173 Å². The summed E-state index contributed by atoms with van der Waals surface area (Å²) in [7, 11) is 0. The van der Waals surface area contributed by atoms with Crippen LogP contribution in [-0.4, -0.2) is 17.7 Å². The third-order valence-corrected chi connectivity index (χ3v) is 8.06. The van der Waals surface area contributed by atoms with E-state index >= 15 is 0 Å². The van der Waals surface area contributed by atoms with Crippen molar-refractivity contribution in [2.75, 3.05) is 0 Å². The molecule has 55 heavy (non-hydrogen) atoms. The van der Waals surface area contributed by atoms with Gasteiger partial charge in [0, 0.05) is 0 Å². The summed E-state index contributed by atoms with van der Waals surface area (Å²) in [5.74, 6) is -0.474. The van der Waals surface area contributed by atoms with E-state index in [9.17, 15) is 30.6 Å². The van der Waals surface area contributed by atoms with E-state index in [2.05, 4.69) is 0 Å². The van der Waals surface area contributed by atoms with E-state index in [1.165, 1.54) is 0 Å². The Labute approximate surface area is 351 Å². The molecule has 9 heteroatoms. The summed E-state index contributed by atoms with van der Waals surface area (Å²) in [6, 6.07) is 44.0. The van der Waals surface area contributed by atoms with Gasteiger partial charge in [0.05, 0.1) is 0 Å². The number of benzene rings is 8. The smallest absolute Gasteiger partial charge is 0.872 e. The Balaban J connectivity index is 0.000000305. The van der Waals surface area contributed by atoms with Gasteiger partial charge >= 0.3 is 43.4 Å². The molecule has 0 bridgehead atoms. The van der Waals surface area contributed by atoms with E-state index in [0.717, 1.165) is 43.1 Å². The molecule has 2 N–H and O–H groups in total. The van der Waals surface area contributed by atoms with E-state index in [0.29, 0.717) is 22.3 Å². The minimum atomic E-state index is -0.417. The van der Waals surface area contributed by atoms with E-state index < -0.39 is 12.2 Å². The summed E-state index contributed by atoms with van der Waals surface area (Å²) >= 11 is 0. The SMILES string of the molecule is CC(C)[O-].CC(C)[O-].O.[O-]c1ccc2ccccc2c1-c1c([O-])ccc2ccccc12.[O-]c1ccc2ccccc2c1-c1c([O-])ccc2ccccc12.[Ti+3].[Ti+3]. The summed E-state index contributed by atoms with van der Waals surface area (Å²) in [6.07, 6.45) is -0.833. The van der Waals surface area contributed by atoms with Gasteiger partial charge in [-0.25, -0.2) is 0 Å². The fourth-order valence-electron chi connectivity index (χ4n) is 6.04. The fourth-order valence-corrected chi connectivity index (χ4v) is 6.04. The van der Waals surface area contributed by atoms with Crippen molar-refractivity contribution in [3.8, 4) is 45.3 Å². The van der Waals surface area contributed by atoms with Crippen LogP contribution in [0.2, 0.25) is 0 Å². The predicted molar refractivity (Wildman–Crippen MR) is 205 cm³/mol. The zero-order valence-corrected chi connectivity index (χ0v) is 34.1. The zero-order chi connectivity index (χ0) is 37.4. The summed E-state index contributed by atoms with van der Waals surface area (Å²) in [5.41, 5.74) is 2.00. The maximum Gasteiger partial charge on any atom is 3.00 e. The molecule has 0 spiro atoms. The molecule has 274 valence electrons. The van der Waals surface area contributed by atoms with Crippen LogP contribution in [0.25, 0.3) is 65.3 Å². The fraction of sp³-hybridized carbons (Fsp3) is 0.130. The van der Waals surface area contributed by atoms with Crippen molar-refractivity contribution in [1.29, 1.82) is 0 Å². The normalized spacial score (nSPS) is 10.2. The predicted octanol–water partition coefficient (Wildman–Crippen LogP) is 6.29. The second-order valence-electron chi connectivity index (χ2n) is 12.7. The van der Waals surface area contributed by atoms with Crippen molar-refractivity contribution in [2.24, 2.45) is 0 Å². The van der Waals surface area contributed by atoms with Crippen molar-refractivity contribution in [3.63, 3.8) is 0 Å². The minimum absolute atomic E-state index is 0. The van der Waals surface area contributed by atoms with E-state index in [4.69, 9.17) is 0 Å². The molecular weight excluding hydrogens is 760 g/mol. The molecule has 0 aliphatic rings. The van der Waals surface area contributed by atoms with Crippen LogP contribution >= 0.6 is 0 Å². The molecule has 0 saturated heterocycles. The average Bonchev–Trinajstić information content (AvgIpc) is 3.12. The third-order valence-electron chi connectivity index (χ3n) is 8.06. The van der Waals surface area contributed by atoms with E-state index in [1.807, 2.05) is 97.1 Å². The molecule has 0 amide bonds. The molecule has 0 heterocycles. The van der Waals surface area contributed by atoms with Gasteiger partial charge < -0.3 is 36.1 Å². The first-order valence-corrected chi connectivity index (χ1v) is 17.0. The van der Waals surface area contributed by atoms with Crippen LogP contribution in [0.4, 0.5) is 0 Å². The molecular formula is C46H40O7Ti2. The second-order valence-corrected chi connectivity index (χ2v) is 12.7. The van der Waals surface area contributed by atoms with Crippen molar-refractivity contribution >= 4 is 43.1 Å². The first-order valence-electron chi connectivity index (χ1n) is 17.0.